The van der Waals surface area contributed by atoms with E-state index < -0.39 is 0 Å². The number of aryl methyl sites for hydroxylation is 1. The summed E-state index contributed by atoms with van der Waals surface area (Å²) in [6.45, 7) is 3.20. The Morgan fingerprint density at radius 1 is 1.50 bits per heavy atom. The predicted octanol–water partition coefficient (Wildman–Crippen LogP) is 1.74. The molecule has 4 nitrogen and oxygen atoms in total. The Hall–Kier alpha value is -1.29. The summed E-state index contributed by atoms with van der Waals surface area (Å²) in [5, 5.41) is 2.89. The van der Waals surface area contributed by atoms with Gasteiger partial charge in [0.15, 0.2) is 0 Å². The first-order valence-corrected chi connectivity index (χ1v) is 6.91. The van der Waals surface area contributed by atoms with Crippen LogP contribution in [-0.4, -0.2) is 17.0 Å². The van der Waals surface area contributed by atoms with Gasteiger partial charge in [0, 0.05) is 25.0 Å². The molecule has 0 aromatic carbocycles. The molecule has 1 heterocycles. The van der Waals surface area contributed by atoms with Gasteiger partial charge in [0.05, 0.1) is 0 Å². The summed E-state index contributed by atoms with van der Waals surface area (Å²) in [5.74, 6) is 0.0792. The van der Waals surface area contributed by atoms with Crippen LogP contribution in [0.15, 0.2) is 12.4 Å². The summed E-state index contributed by atoms with van der Waals surface area (Å²) in [7, 11) is 0. The van der Waals surface area contributed by atoms with Crippen LogP contribution < -0.4 is 11.1 Å². The number of carbonyl (C=O) groups excluding carboxylic acids is 1. The Bertz CT molecular complexity index is 411. The van der Waals surface area contributed by atoms with Gasteiger partial charge < -0.3 is 15.6 Å². The molecular weight excluding hydrogens is 226 g/mol. The predicted molar refractivity (Wildman–Crippen MR) is 72.2 cm³/mol. The first-order chi connectivity index (χ1) is 8.70. The average molecular weight is 249 g/mol. The van der Waals surface area contributed by atoms with E-state index in [1.807, 2.05) is 4.57 Å². The summed E-state index contributed by atoms with van der Waals surface area (Å²) < 4.78 is 1.97. The van der Waals surface area contributed by atoms with Crippen LogP contribution in [0.3, 0.4) is 0 Å². The van der Waals surface area contributed by atoms with Crippen LogP contribution in [-0.2, 0) is 17.8 Å². The maximum Gasteiger partial charge on any atom is 0.239 e. The van der Waals surface area contributed by atoms with Crippen molar-refractivity contribution in [3.63, 3.8) is 0 Å². The van der Waals surface area contributed by atoms with Crippen LogP contribution in [0.1, 0.15) is 49.8 Å². The molecule has 0 aliphatic heterocycles. The van der Waals surface area contributed by atoms with E-state index >= 15 is 0 Å². The topological polar surface area (TPSA) is 60.0 Å². The molecule has 1 amide bonds. The van der Waals surface area contributed by atoms with E-state index in [4.69, 9.17) is 5.73 Å². The minimum Gasteiger partial charge on any atom is -0.355 e. The summed E-state index contributed by atoms with van der Waals surface area (Å²) in [6, 6.07) is 0.141. The molecule has 1 aliphatic rings. The fourth-order valence-corrected chi connectivity index (χ4v) is 2.53. The average Bonchev–Trinajstić information content (AvgIpc) is 2.67. The fraction of sp³-hybridized carbons (Fsp3) is 0.643. The van der Waals surface area contributed by atoms with E-state index in [-0.39, 0.29) is 11.9 Å². The highest BCUT2D eigenvalue weighted by atomic mass is 16.1. The molecule has 100 valence electrons. The fourth-order valence-electron chi connectivity index (χ4n) is 2.53. The summed E-state index contributed by atoms with van der Waals surface area (Å²) >= 11 is 0. The Balaban J connectivity index is 2.03. The summed E-state index contributed by atoms with van der Waals surface area (Å²) in [6.07, 6.45) is 9.66. The number of rotatable bonds is 4. The third-order valence-electron chi connectivity index (χ3n) is 3.51. The number of fused-ring (bicyclic) bond motifs is 1. The summed E-state index contributed by atoms with van der Waals surface area (Å²) in [4.78, 5) is 11.7. The van der Waals surface area contributed by atoms with Gasteiger partial charge in [0.25, 0.3) is 0 Å². The van der Waals surface area contributed by atoms with Crippen LogP contribution in [0.25, 0.3) is 0 Å². The Morgan fingerprint density at radius 3 is 3.11 bits per heavy atom. The number of carbonyl (C=O) groups is 1. The monoisotopic (exact) mass is 249 g/mol. The molecule has 1 aromatic rings. The van der Waals surface area contributed by atoms with Gasteiger partial charge >= 0.3 is 0 Å². The standard InChI is InChI=1S/C14H23N3O/c1-2-7-16-14(18)10-17-8-11-5-3-4-6-13(15)12(11)9-17/h8-9,13H,2-7,10,15H2,1H3,(H,16,18). The van der Waals surface area contributed by atoms with E-state index in [1.54, 1.807) is 0 Å². The molecule has 1 aliphatic carbocycles. The highest BCUT2D eigenvalue weighted by molar-refractivity contribution is 5.75. The third kappa shape index (κ3) is 3.13. The minimum absolute atomic E-state index is 0.0792. The largest absolute Gasteiger partial charge is 0.355 e. The highest BCUT2D eigenvalue weighted by Crippen LogP contribution is 2.27. The second-order valence-corrected chi connectivity index (χ2v) is 5.11. The van der Waals surface area contributed by atoms with Crippen molar-refractivity contribution in [1.29, 1.82) is 0 Å². The van der Waals surface area contributed by atoms with Gasteiger partial charge in [0.1, 0.15) is 6.54 Å². The van der Waals surface area contributed by atoms with Crippen molar-refractivity contribution < 1.29 is 4.79 Å². The lowest BCUT2D eigenvalue weighted by Gasteiger charge is -2.07. The molecule has 1 aromatic heterocycles. The Kier molecular flexibility index (Phi) is 4.42. The molecular formula is C14H23N3O. The van der Waals surface area contributed by atoms with Gasteiger partial charge in [-0.1, -0.05) is 13.3 Å². The molecule has 0 radical (unpaired) electrons. The van der Waals surface area contributed by atoms with Crippen LogP contribution in [0, 0.1) is 0 Å². The van der Waals surface area contributed by atoms with Crippen LogP contribution in [0.2, 0.25) is 0 Å². The lowest BCUT2D eigenvalue weighted by atomic mass is 10.1. The maximum absolute atomic E-state index is 11.7. The third-order valence-corrected chi connectivity index (χ3v) is 3.51. The minimum atomic E-state index is 0.0792. The van der Waals surface area contributed by atoms with E-state index in [0.29, 0.717) is 6.54 Å². The quantitative estimate of drug-likeness (QED) is 0.798. The molecule has 0 saturated heterocycles. The van der Waals surface area contributed by atoms with Crippen molar-refractivity contribution >= 4 is 5.91 Å². The van der Waals surface area contributed by atoms with Gasteiger partial charge in [-0.3, -0.25) is 4.79 Å². The van der Waals surface area contributed by atoms with Gasteiger partial charge in [0.2, 0.25) is 5.91 Å². The van der Waals surface area contributed by atoms with Gasteiger partial charge in [-0.05, 0) is 36.8 Å². The van der Waals surface area contributed by atoms with E-state index in [0.717, 1.165) is 25.8 Å². The molecule has 2 rings (SSSR count). The molecule has 18 heavy (non-hydrogen) atoms. The van der Waals surface area contributed by atoms with E-state index in [1.165, 1.54) is 24.0 Å². The first kappa shape index (κ1) is 13.1. The molecule has 0 bridgehead atoms. The Labute approximate surface area is 109 Å². The SMILES string of the molecule is CCCNC(=O)Cn1cc2c(c1)C(N)CCCC2. The second kappa shape index (κ2) is 6.05. The number of nitrogens with one attached hydrogen (secondary N) is 1. The number of hydrogen-bond donors (Lipinski definition) is 2. The number of amides is 1. The molecule has 0 spiro atoms. The molecule has 3 N–H and O–H groups in total. The van der Waals surface area contributed by atoms with Crippen LogP contribution >= 0.6 is 0 Å². The lowest BCUT2D eigenvalue weighted by Crippen LogP contribution is -2.27. The molecule has 1 unspecified atom stereocenters. The van der Waals surface area contributed by atoms with Crippen LogP contribution in [0.5, 0.6) is 0 Å². The van der Waals surface area contributed by atoms with Crippen molar-refractivity contribution in [2.45, 2.75) is 51.6 Å². The Morgan fingerprint density at radius 2 is 2.33 bits per heavy atom. The zero-order chi connectivity index (χ0) is 13.0. The molecule has 4 heteroatoms. The lowest BCUT2D eigenvalue weighted by molar-refractivity contribution is -0.121. The molecule has 1 atom stereocenters. The maximum atomic E-state index is 11.7. The van der Waals surface area contributed by atoms with Crippen molar-refractivity contribution in [2.24, 2.45) is 5.73 Å². The second-order valence-electron chi connectivity index (χ2n) is 5.11. The molecule has 0 saturated carbocycles. The van der Waals surface area contributed by atoms with Crippen molar-refractivity contribution in [2.75, 3.05) is 6.54 Å². The van der Waals surface area contributed by atoms with E-state index in [2.05, 4.69) is 24.6 Å². The highest BCUT2D eigenvalue weighted by Gasteiger charge is 2.17. The van der Waals surface area contributed by atoms with Gasteiger partial charge in [-0.25, -0.2) is 0 Å². The van der Waals surface area contributed by atoms with E-state index in [9.17, 15) is 4.79 Å². The number of hydrogen-bond acceptors (Lipinski definition) is 2. The smallest absolute Gasteiger partial charge is 0.239 e. The number of nitrogens with zero attached hydrogens (tertiary/aromatic N) is 1. The van der Waals surface area contributed by atoms with Crippen molar-refractivity contribution in [3.8, 4) is 0 Å². The van der Waals surface area contributed by atoms with Crippen molar-refractivity contribution in [3.05, 3.63) is 23.5 Å². The normalized spacial score (nSPS) is 19.1. The molecule has 0 fully saturated rings. The van der Waals surface area contributed by atoms with Gasteiger partial charge in [-0.15, -0.1) is 0 Å². The van der Waals surface area contributed by atoms with Gasteiger partial charge in [-0.2, -0.15) is 0 Å². The van der Waals surface area contributed by atoms with Crippen LogP contribution in [0.4, 0.5) is 0 Å². The zero-order valence-electron chi connectivity index (χ0n) is 11.1. The number of nitrogens with two attached hydrogens (primary N) is 1. The zero-order valence-corrected chi connectivity index (χ0v) is 11.1. The summed E-state index contributed by atoms with van der Waals surface area (Å²) in [5.41, 5.74) is 8.71. The number of aromatic nitrogens is 1. The van der Waals surface area contributed by atoms with Crippen molar-refractivity contribution in [1.82, 2.24) is 9.88 Å². The first-order valence-electron chi connectivity index (χ1n) is 6.91.